The van der Waals surface area contributed by atoms with E-state index in [2.05, 4.69) is 31.0 Å². The fourth-order valence-electron chi connectivity index (χ4n) is 3.71. The summed E-state index contributed by atoms with van der Waals surface area (Å²) in [6.45, 7) is 6.64. The molecule has 1 N–H and O–H groups in total. The molecule has 19 heavy (non-hydrogen) atoms. The van der Waals surface area contributed by atoms with E-state index in [1.807, 2.05) is 0 Å². The topological polar surface area (TPSA) is 50.8 Å². The van der Waals surface area contributed by atoms with Crippen LogP contribution in [0.4, 0.5) is 0 Å². The zero-order valence-corrected chi connectivity index (χ0v) is 12.0. The molecule has 0 aromatic heterocycles. The minimum absolute atomic E-state index is 0.216. The molecule has 2 bridgehead atoms. The minimum atomic E-state index is -0.411. The van der Waals surface area contributed by atoms with Crippen LogP contribution in [0, 0.1) is 11.8 Å². The van der Waals surface area contributed by atoms with E-state index in [4.69, 9.17) is 9.47 Å². The predicted octanol–water partition coefficient (Wildman–Crippen LogP) is 1.29. The smallest absolute Gasteiger partial charge is 0.240 e. The standard InChI is InChI=1S/C14H24N2O3/c1-8(2)12(15-14-18-7-19-14)13(17)16-9(3)10-4-5-11(16)6-10/h8-12,14-15H,4-7H2,1-3H3/t9?,10?,11?,12-/m0/s1. The van der Waals surface area contributed by atoms with Gasteiger partial charge < -0.3 is 14.4 Å². The zero-order chi connectivity index (χ0) is 13.6. The summed E-state index contributed by atoms with van der Waals surface area (Å²) >= 11 is 0. The number of carbonyl (C=O) groups excluding carboxylic acids is 1. The first-order valence-corrected chi connectivity index (χ1v) is 7.39. The van der Waals surface area contributed by atoms with Gasteiger partial charge >= 0.3 is 0 Å². The number of carbonyl (C=O) groups is 1. The average Bonchev–Trinajstić information content (AvgIpc) is 2.86. The Morgan fingerprint density at radius 1 is 1.32 bits per heavy atom. The number of likely N-dealkylation sites (tertiary alicyclic amines) is 1. The summed E-state index contributed by atoms with van der Waals surface area (Å²) < 4.78 is 10.4. The molecule has 1 amide bonds. The summed E-state index contributed by atoms with van der Waals surface area (Å²) in [5.74, 6) is 1.15. The van der Waals surface area contributed by atoms with Gasteiger partial charge in [0.2, 0.25) is 12.3 Å². The molecule has 5 heteroatoms. The van der Waals surface area contributed by atoms with Crippen LogP contribution in [0.25, 0.3) is 0 Å². The van der Waals surface area contributed by atoms with Gasteiger partial charge in [-0.25, -0.2) is 0 Å². The van der Waals surface area contributed by atoms with Crippen molar-refractivity contribution in [3.05, 3.63) is 0 Å². The van der Waals surface area contributed by atoms with Crippen molar-refractivity contribution >= 4 is 5.91 Å². The zero-order valence-electron chi connectivity index (χ0n) is 12.0. The molecule has 5 nitrogen and oxygen atoms in total. The lowest BCUT2D eigenvalue weighted by molar-refractivity contribution is -0.335. The molecule has 3 aliphatic rings. The number of nitrogens with zero attached hydrogens (tertiary/aromatic N) is 1. The molecule has 2 saturated heterocycles. The first-order valence-electron chi connectivity index (χ1n) is 7.39. The van der Waals surface area contributed by atoms with Crippen LogP contribution in [0.3, 0.4) is 0 Å². The van der Waals surface area contributed by atoms with Crippen LogP contribution in [0.15, 0.2) is 0 Å². The summed E-state index contributed by atoms with van der Waals surface area (Å²) in [5, 5.41) is 3.17. The van der Waals surface area contributed by atoms with Crippen molar-refractivity contribution in [1.29, 1.82) is 0 Å². The van der Waals surface area contributed by atoms with E-state index in [1.54, 1.807) is 0 Å². The molecule has 3 unspecified atom stereocenters. The highest BCUT2D eigenvalue weighted by molar-refractivity contribution is 5.83. The molecule has 1 aliphatic carbocycles. The van der Waals surface area contributed by atoms with Gasteiger partial charge in [-0.15, -0.1) is 0 Å². The highest BCUT2D eigenvalue weighted by atomic mass is 16.9. The maximum Gasteiger partial charge on any atom is 0.240 e. The van der Waals surface area contributed by atoms with Crippen LogP contribution in [0.1, 0.15) is 40.0 Å². The van der Waals surface area contributed by atoms with Crippen molar-refractivity contribution < 1.29 is 14.3 Å². The Morgan fingerprint density at radius 3 is 2.53 bits per heavy atom. The fraction of sp³-hybridized carbons (Fsp3) is 0.929. The highest BCUT2D eigenvalue weighted by Gasteiger charge is 2.47. The van der Waals surface area contributed by atoms with Gasteiger partial charge in [0.1, 0.15) is 0 Å². The molecule has 4 atom stereocenters. The van der Waals surface area contributed by atoms with Crippen LogP contribution in [0.2, 0.25) is 0 Å². The molecule has 1 saturated carbocycles. The van der Waals surface area contributed by atoms with Crippen molar-refractivity contribution in [2.45, 2.75) is 64.6 Å². The lowest BCUT2D eigenvalue weighted by Crippen LogP contribution is -2.59. The molecule has 0 spiro atoms. The minimum Gasteiger partial charge on any atom is -0.335 e. The first kappa shape index (κ1) is 13.3. The Balaban J connectivity index is 1.69. The SMILES string of the molecule is CC(C)[C@H](NC1OCO1)C(=O)N1C2CCC(C2)C1C. The lowest BCUT2D eigenvalue weighted by atomic mass is 9.97. The summed E-state index contributed by atoms with van der Waals surface area (Å²) in [5.41, 5.74) is 0. The number of nitrogens with one attached hydrogen (secondary N) is 1. The van der Waals surface area contributed by atoms with E-state index >= 15 is 0 Å². The first-order chi connectivity index (χ1) is 9.08. The molecule has 2 aliphatic heterocycles. The number of piperidine rings is 1. The third-order valence-electron chi connectivity index (χ3n) is 4.90. The van der Waals surface area contributed by atoms with Crippen molar-refractivity contribution in [3.8, 4) is 0 Å². The molecule has 108 valence electrons. The second-order valence-electron chi connectivity index (χ2n) is 6.38. The van der Waals surface area contributed by atoms with E-state index in [0.29, 0.717) is 24.8 Å². The Hall–Kier alpha value is -0.650. The van der Waals surface area contributed by atoms with Crippen LogP contribution in [-0.4, -0.2) is 42.1 Å². The maximum absolute atomic E-state index is 12.8. The molecular formula is C14H24N2O3. The Bertz CT molecular complexity index is 355. The Morgan fingerprint density at radius 2 is 2.05 bits per heavy atom. The second-order valence-corrected chi connectivity index (χ2v) is 6.38. The van der Waals surface area contributed by atoms with Crippen LogP contribution in [-0.2, 0) is 14.3 Å². The van der Waals surface area contributed by atoms with Crippen molar-refractivity contribution in [1.82, 2.24) is 10.2 Å². The van der Waals surface area contributed by atoms with Gasteiger partial charge in [0.25, 0.3) is 0 Å². The van der Waals surface area contributed by atoms with E-state index < -0.39 is 6.41 Å². The molecule has 0 radical (unpaired) electrons. The summed E-state index contributed by atoms with van der Waals surface area (Å²) in [6.07, 6.45) is 3.23. The normalized spacial score (nSPS) is 35.8. The van der Waals surface area contributed by atoms with Gasteiger partial charge in [0.05, 0.1) is 6.04 Å². The van der Waals surface area contributed by atoms with E-state index in [-0.39, 0.29) is 17.9 Å². The largest absolute Gasteiger partial charge is 0.335 e. The summed E-state index contributed by atoms with van der Waals surface area (Å²) in [4.78, 5) is 14.9. The van der Waals surface area contributed by atoms with Gasteiger partial charge in [-0.2, -0.15) is 0 Å². The maximum atomic E-state index is 12.8. The Kier molecular flexibility index (Phi) is 3.53. The van der Waals surface area contributed by atoms with Gasteiger partial charge in [-0.05, 0) is 38.0 Å². The van der Waals surface area contributed by atoms with E-state index in [9.17, 15) is 4.79 Å². The second kappa shape index (κ2) is 5.04. The number of fused-ring (bicyclic) bond motifs is 2. The van der Waals surface area contributed by atoms with Crippen molar-refractivity contribution in [2.24, 2.45) is 11.8 Å². The predicted molar refractivity (Wildman–Crippen MR) is 70.0 cm³/mol. The van der Waals surface area contributed by atoms with Gasteiger partial charge in [0.15, 0.2) is 6.79 Å². The molecule has 3 fully saturated rings. The molecule has 0 aromatic carbocycles. The van der Waals surface area contributed by atoms with Gasteiger partial charge in [0, 0.05) is 12.1 Å². The quantitative estimate of drug-likeness (QED) is 0.834. The van der Waals surface area contributed by atoms with E-state index in [0.717, 1.165) is 0 Å². The third kappa shape index (κ3) is 2.28. The molecule has 0 aromatic rings. The average molecular weight is 268 g/mol. The summed E-state index contributed by atoms with van der Waals surface area (Å²) in [6, 6.07) is 0.628. The van der Waals surface area contributed by atoms with Crippen LogP contribution >= 0.6 is 0 Å². The van der Waals surface area contributed by atoms with Crippen LogP contribution < -0.4 is 5.32 Å². The number of hydrogen-bond acceptors (Lipinski definition) is 4. The number of amides is 1. The van der Waals surface area contributed by atoms with E-state index in [1.165, 1.54) is 19.3 Å². The van der Waals surface area contributed by atoms with Crippen molar-refractivity contribution in [3.63, 3.8) is 0 Å². The Labute approximate surface area is 114 Å². The summed E-state index contributed by atoms with van der Waals surface area (Å²) in [7, 11) is 0. The molecular weight excluding hydrogens is 244 g/mol. The third-order valence-corrected chi connectivity index (χ3v) is 4.90. The number of ether oxygens (including phenoxy) is 2. The monoisotopic (exact) mass is 268 g/mol. The lowest BCUT2D eigenvalue weighted by Gasteiger charge is -2.39. The highest BCUT2D eigenvalue weighted by Crippen LogP contribution is 2.42. The number of hydrogen-bond donors (Lipinski definition) is 1. The van der Waals surface area contributed by atoms with Gasteiger partial charge in [-0.1, -0.05) is 13.8 Å². The van der Waals surface area contributed by atoms with Crippen molar-refractivity contribution in [2.75, 3.05) is 6.79 Å². The van der Waals surface area contributed by atoms with Gasteiger partial charge in [-0.3, -0.25) is 10.1 Å². The molecule has 3 rings (SSSR count). The number of rotatable bonds is 4. The molecule has 2 heterocycles. The van der Waals surface area contributed by atoms with Crippen LogP contribution in [0.5, 0.6) is 0 Å². The fourth-order valence-corrected chi connectivity index (χ4v) is 3.71.